The van der Waals surface area contributed by atoms with Gasteiger partial charge in [0.05, 0.1) is 0 Å². The van der Waals surface area contributed by atoms with Crippen molar-refractivity contribution in [2.24, 2.45) is 5.92 Å². The van der Waals surface area contributed by atoms with E-state index in [9.17, 15) is 0 Å². The first-order chi connectivity index (χ1) is 14.0. The summed E-state index contributed by atoms with van der Waals surface area (Å²) in [5, 5.41) is 2.61. The van der Waals surface area contributed by atoms with Gasteiger partial charge < -0.3 is 4.98 Å². The van der Waals surface area contributed by atoms with Crippen LogP contribution in [0.1, 0.15) is 37.0 Å². The van der Waals surface area contributed by atoms with Crippen molar-refractivity contribution in [2.75, 3.05) is 0 Å². The van der Waals surface area contributed by atoms with E-state index >= 15 is 0 Å². The van der Waals surface area contributed by atoms with E-state index in [0.717, 1.165) is 6.42 Å². The average Bonchev–Trinajstić information content (AvgIpc) is 3.03. The summed E-state index contributed by atoms with van der Waals surface area (Å²) >= 11 is 0. The summed E-state index contributed by atoms with van der Waals surface area (Å²) < 4.78 is 0. The molecule has 0 aliphatic heterocycles. The number of allylic oxidation sites excluding steroid dienone is 4. The second-order valence-electron chi connectivity index (χ2n) is 8.78. The number of H-pyrrole nitrogens is 1. The first-order valence-electron chi connectivity index (χ1n) is 10.5. The summed E-state index contributed by atoms with van der Waals surface area (Å²) in [4.78, 5) is 3.60. The lowest BCUT2D eigenvalue weighted by molar-refractivity contribution is 0.741. The van der Waals surface area contributed by atoms with Crippen LogP contribution in [0.3, 0.4) is 0 Å². The highest BCUT2D eigenvalue weighted by molar-refractivity contribution is 6.09. The van der Waals surface area contributed by atoms with Gasteiger partial charge in [-0.25, -0.2) is 0 Å². The molecule has 0 amide bonds. The lowest BCUT2D eigenvalue weighted by Gasteiger charge is -2.17. The molecule has 29 heavy (non-hydrogen) atoms. The van der Waals surface area contributed by atoms with Crippen LogP contribution in [0.15, 0.2) is 72.3 Å². The maximum atomic E-state index is 3.60. The van der Waals surface area contributed by atoms with Crippen LogP contribution in [-0.2, 0) is 0 Å². The molecule has 1 heterocycles. The Balaban J connectivity index is 1.67. The summed E-state index contributed by atoms with van der Waals surface area (Å²) in [6.45, 7) is 8.84. The maximum absolute atomic E-state index is 3.60. The molecule has 0 saturated carbocycles. The molecule has 0 spiro atoms. The summed E-state index contributed by atoms with van der Waals surface area (Å²) in [5.74, 6) is 0.602. The quantitative estimate of drug-likeness (QED) is 0.364. The fraction of sp³-hybridized carbons (Fsp3) is 0.214. The van der Waals surface area contributed by atoms with Gasteiger partial charge in [-0.05, 0) is 79.6 Å². The monoisotopic (exact) mass is 377 g/mol. The smallest absolute Gasteiger partial charge is 0.0465 e. The summed E-state index contributed by atoms with van der Waals surface area (Å²) in [6, 6.07) is 20.4. The minimum absolute atomic E-state index is 0.602. The predicted molar refractivity (Wildman–Crippen MR) is 126 cm³/mol. The maximum Gasteiger partial charge on any atom is 0.0465 e. The van der Waals surface area contributed by atoms with E-state index in [4.69, 9.17) is 0 Å². The Hall–Kier alpha value is -3.06. The third-order valence-corrected chi connectivity index (χ3v) is 6.02. The Morgan fingerprint density at radius 3 is 2.00 bits per heavy atom. The molecule has 0 radical (unpaired) electrons. The van der Waals surface area contributed by atoms with Crippen LogP contribution in [0.2, 0.25) is 0 Å². The number of rotatable bonds is 2. The molecule has 0 fully saturated rings. The van der Waals surface area contributed by atoms with E-state index in [0.29, 0.717) is 5.92 Å². The van der Waals surface area contributed by atoms with Gasteiger partial charge in [0.1, 0.15) is 0 Å². The Labute approximate surface area is 172 Å². The molecular formula is C28H27N. The molecule has 1 atom stereocenters. The normalized spacial score (nSPS) is 16.9. The molecule has 1 aliphatic rings. The molecule has 4 aromatic rings. The van der Waals surface area contributed by atoms with Crippen LogP contribution in [0.4, 0.5) is 0 Å². The van der Waals surface area contributed by atoms with E-state index < -0.39 is 0 Å². The number of hydrogen-bond donors (Lipinski definition) is 1. The molecule has 144 valence electrons. The fourth-order valence-corrected chi connectivity index (χ4v) is 4.86. The average molecular weight is 378 g/mol. The summed E-state index contributed by atoms with van der Waals surface area (Å²) in [7, 11) is 0. The zero-order valence-electron chi connectivity index (χ0n) is 17.6. The number of hydrogen-bond acceptors (Lipinski definition) is 0. The van der Waals surface area contributed by atoms with Gasteiger partial charge in [-0.15, -0.1) is 0 Å². The first-order valence-corrected chi connectivity index (χ1v) is 10.5. The second-order valence-corrected chi connectivity index (χ2v) is 8.78. The van der Waals surface area contributed by atoms with Gasteiger partial charge in [0.25, 0.3) is 0 Å². The molecule has 5 rings (SSSR count). The number of nitrogens with one attached hydrogen (secondary N) is 1. The predicted octanol–water partition coefficient (Wildman–Crippen LogP) is 7.97. The van der Waals surface area contributed by atoms with Crippen LogP contribution in [0.5, 0.6) is 0 Å². The minimum Gasteiger partial charge on any atom is -0.355 e. The first kappa shape index (κ1) is 18.0. The number of benzene rings is 3. The molecule has 3 aromatic carbocycles. The molecule has 1 heteroatoms. The molecule has 0 bridgehead atoms. The lowest BCUT2D eigenvalue weighted by atomic mass is 9.88. The molecular weight excluding hydrogens is 350 g/mol. The van der Waals surface area contributed by atoms with E-state index in [1.54, 1.807) is 0 Å². The minimum atomic E-state index is 0.602. The number of aromatic nitrogens is 1. The second kappa shape index (κ2) is 6.77. The van der Waals surface area contributed by atoms with Crippen LogP contribution in [0.25, 0.3) is 38.5 Å². The van der Waals surface area contributed by atoms with E-state index in [-0.39, 0.29) is 0 Å². The van der Waals surface area contributed by atoms with Crippen LogP contribution in [-0.4, -0.2) is 4.98 Å². The molecule has 1 aliphatic carbocycles. The van der Waals surface area contributed by atoms with Gasteiger partial charge in [0.2, 0.25) is 0 Å². The number of aromatic amines is 1. The summed E-state index contributed by atoms with van der Waals surface area (Å²) in [6.07, 6.45) is 5.82. The topological polar surface area (TPSA) is 15.8 Å². The highest BCUT2D eigenvalue weighted by Gasteiger charge is 2.13. The van der Waals surface area contributed by atoms with Gasteiger partial charge in [0, 0.05) is 21.8 Å². The van der Waals surface area contributed by atoms with E-state index in [2.05, 4.69) is 99.4 Å². The third kappa shape index (κ3) is 3.31. The van der Waals surface area contributed by atoms with Crippen molar-refractivity contribution in [3.8, 4) is 11.1 Å². The number of aryl methyl sites for hydroxylation is 2. The molecule has 1 unspecified atom stereocenters. The molecule has 0 saturated heterocycles. The van der Waals surface area contributed by atoms with Crippen molar-refractivity contribution in [1.29, 1.82) is 0 Å². The van der Waals surface area contributed by atoms with Gasteiger partial charge in [-0.1, -0.05) is 66.1 Å². The van der Waals surface area contributed by atoms with Crippen molar-refractivity contribution in [1.82, 2.24) is 4.98 Å². The number of fused-ring (bicyclic) bond motifs is 3. The van der Waals surface area contributed by atoms with Crippen molar-refractivity contribution < 1.29 is 0 Å². The molecule has 1 aromatic heterocycles. The Bertz CT molecular complexity index is 1290. The van der Waals surface area contributed by atoms with E-state index in [1.807, 2.05) is 0 Å². The van der Waals surface area contributed by atoms with Gasteiger partial charge >= 0.3 is 0 Å². The Kier molecular flexibility index (Phi) is 4.20. The Morgan fingerprint density at radius 1 is 0.724 bits per heavy atom. The summed E-state index contributed by atoms with van der Waals surface area (Å²) in [5.41, 5.74) is 11.7. The van der Waals surface area contributed by atoms with Crippen LogP contribution < -0.4 is 0 Å². The standard InChI is InChI=1S/C28H27N/c1-17-9-18(2)12-23(11-17)21-5-7-27-25(15-21)26-16-22(6-8-28(26)29-27)24-13-19(3)10-20(4)14-24/h5-13,15-16,20,29H,14H2,1-4H3. The zero-order chi connectivity index (χ0) is 20.1. The van der Waals surface area contributed by atoms with Gasteiger partial charge in [-0.3, -0.25) is 0 Å². The third-order valence-electron chi connectivity index (χ3n) is 6.02. The molecule has 1 N–H and O–H groups in total. The fourth-order valence-electron chi connectivity index (χ4n) is 4.86. The highest BCUT2D eigenvalue weighted by atomic mass is 14.7. The lowest BCUT2D eigenvalue weighted by Crippen LogP contribution is -1.99. The SMILES string of the molecule is CC1=CC(C)CC(c2ccc3[nH]c4ccc(-c5cc(C)cc(C)c5)cc4c3c2)=C1. The van der Waals surface area contributed by atoms with Crippen molar-refractivity contribution in [3.05, 3.63) is 89.0 Å². The van der Waals surface area contributed by atoms with Crippen LogP contribution in [0, 0.1) is 19.8 Å². The van der Waals surface area contributed by atoms with Crippen molar-refractivity contribution >= 4 is 27.4 Å². The largest absolute Gasteiger partial charge is 0.355 e. The van der Waals surface area contributed by atoms with E-state index in [1.165, 1.54) is 60.8 Å². The molecule has 1 nitrogen and oxygen atoms in total. The Morgan fingerprint density at radius 2 is 1.34 bits per heavy atom. The highest BCUT2D eigenvalue weighted by Crippen LogP contribution is 2.35. The van der Waals surface area contributed by atoms with Crippen molar-refractivity contribution in [2.45, 2.75) is 34.1 Å². The van der Waals surface area contributed by atoms with Gasteiger partial charge in [-0.2, -0.15) is 0 Å². The van der Waals surface area contributed by atoms with Gasteiger partial charge in [0.15, 0.2) is 0 Å². The zero-order valence-corrected chi connectivity index (χ0v) is 17.6. The van der Waals surface area contributed by atoms with Crippen molar-refractivity contribution in [3.63, 3.8) is 0 Å². The van der Waals surface area contributed by atoms with Crippen LogP contribution >= 0.6 is 0 Å².